The van der Waals surface area contributed by atoms with Crippen LogP contribution in [0.5, 0.6) is 0 Å². The molecule has 0 atom stereocenters. The van der Waals surface area contributed by atoms with Crippen molar-refractivity contribution in [2.24, 2.45) is 0 Å². The van der Waals surface area contributed by atoms with Crippen molar-refractivity contribution in [3.63, 3.8) is 0 Å². The first-order valence-corrected chi connectivity index (χ1v) is 10.5. The summed E-state index contributed by atoms with van der Waals surface area (Å²) in [6, 6.07) is 0.375. The maximum absolute atomic E-state index is 12.1. The number of aromatic nitrogens is 4. The van der Waals surface area contributed by atoms with Crippen LogP contribution in [0.4, 0.5) is 5.69 Å². The lowest BCUT2D eigenvalue weighted by Gasteiger charge is -2.25. The van der Waals surface area contributed by atoms with Gasteiger partial charge in [-0.05, 0) is 33.6 Å². The maximum atomic E-state index is 12.1. The quantitative estimate of drug-likeness (QED) is 0.614. The Kier molecular flexibility index (Phi) is 5.98. The van der Waals surface area contributed by atoms with Crippen molar-refractivity contribution < 1.29 is 13.9 Å². The van der Waals surface area contributed by atoms with Crippen molar-refractivity contribution in [3.05, 3.63) is 24.4 Å². The summed E-state index contributed by atoms with van der Waals surface area (Å²) in [5, 5.41) is 11.9. The number of aryl methyl sites for hydroxylation is 1. The number of amides is 1. The van der Waals surface area contributed by atoms with E-state index in [1.165, 1.54) is 6.26 Å². The van der Waals surface area contributed by atoms with Crippen molar-refractivity contribution in [3.8, 4) is 11.5 Å². The summed E-state index contributed by atoms with van der Waals surface area (Å²) in [6.07, 6.45) is 7.16. The fraction of sp³-hybridized carbons (Fsp3) is 0.524. The van der Waals surface area contributed by atoms with Gasteiger partial charge in [-0.2, -0.15) is 5.10 Å². The zero-order valence-corrected chi connectivity index (χ0v) is 17.6. The summed E-state index contributed by atoms with van der Waals surface area (Å²) in [5.74, 6) is 0.360. The Balaban J connectivity index is 1.67. The lowest BCUT2D eigenvalue weighted by molar-refractivity contribution is -0.120. The summed E-state index contributed by atoms with van der Waals surface area (Å²) in [7, 11) is 0. The summed E-state index contributed by atoms with van der Waals surface area (Å²) < 4.78 is 13.1. The Hall–Kier alpha value is -2.94. The largest absolute Gasteiger partial charge is 0.444 e. The molecule has 4 rings (SSSR count). The van der Waals surface area contributed by atoms with Crippen molar-refractivity contribution in [1.82, 2.24) is 25.1 Å². The Labute approximate surface area is 175 Å². The highest BCUT2D eigenvalue weighted by Gasteiger charge is 2.22. The van der Waals surface area contributed by atoms with Gasteiger partial charge in [-0.15, -0.1) is 0 Å². The normalized spacial score (nSPS) is 15.1. The minimum atomic E-state index is -0.0804. The fourth-order valence-corrected chi connectivity index (χ4v) is 3.67. The number of nitrogens with zero attached hydrogens (tertiary/aromatic N) is 4. The molecule has 1 saturated heterocycles. The van der Waals surface area contributed by atoms with Gasteiger partial charge in [0.15, 0.2) is 5.65 Å². The van der Waals surface area contributed by atoms with Crippen molar-refractivity contribution in [2.75, 3.05) is 18.5 Å². The third-order valence-electron chi connectivity index (χ3n) is 5.11. The lowest BCUT2D eigenvalue weighted by Crippen LogP contribution is -2.31. The molecule has 1 aliphatic rings. The van der Waals surface area contributed by atoms with Gasteiger partial charge in [0.1, 0.15) is 6.26 Å². The molecule has 0 unspecified atom stereocenters. The van der Waals surface area contributed by atoms with Crippen molar-refractivity contribution in [2.45, 2.75) is 58.7 Å². The molecule has 3 aromatic rings. The van der Waals surface area contributed by atoms with E-state index in [9.17, 15) is 4.79 Å². The van der Waals surface area contributed by atoms with E-state index in [0.29, 0.717) is 17.6 Å². The number of carbonyl (C=O) groups excluding carboxylic acids is 1. The summed E-state index contributed by atoms with van der Waals surface area (Å²) >= 11 is 0. The molecule has 9 nitrogen and oxygen atoms in total. The molecular formula is C21H28N6O3. The van der Waals surface area contributed by atoms with E-state index in [1.54, 1.807) is 6.20 Å². The summed E-state index contributed by atoms with van der Waals surface area (Å²) in [6.45, 7) is 8.11. The van der Waals surface area contributed by atoms with Crippen LogP contribution in [0.3, 0.4) is 0 Å². The van der Waals surface area contributed by atoms with Crippen molar-refractivity contribution >= 4 is 22.6 Å². The Morgan fingerprint density at radius 3 is 2.83 bits per heavy atom. The fourth-order valence-electron chi connectivity index (χ4n) is 3.67. The average Bonchev–Trinajstić information content (AvgIpc) is 3.35. The molecule has 1 aliphatic heterocycles. The molecule has 0 spiro atoms. The first kappa shape index (κ1) is 20.3. The number of nitrogens with one attached hydrogen (secondary N) is 2. The topological polar surface area (TPSA) is 107 Å². The van der Waals surface area contributed by atoms with Gasteiger partial charge < -0.3 is 19.8 Å². The van der Waals surface area contributed by atoms with Crippen LogP contribution in [-0.2, 0) is 22.5 Å². The molecule has 30 heavy (non-hydrogen) atoms. The van der Waals surface area contributed by atoms with E-state index >= 15 is 0 Å². The summed E-state index contributed by atoms with van der Waals surface area (Å²) in [5.41, 5.74) is 3.08. The van der Waals surface area contributed by atoms with E-state index in [4.69, 9.17) is 9.15 Å². The Bertz CT molecular complexity index is 1020. The van der Waals surface area contributed by atoms with Crippen LogP contribution in [0.2, 0.25) is 0 Å². The minimum absolute atomic E-state index is 0.0804. The first-order chi connectivity index (χ1) is 14.5. The van der Waals surface area contributed by atoms with Crippen LogP contribution in [0.25, 0.3) is 22.5 Å². The highest BCUT2D eigenvalue weighted by molar-refractivity contribution is 5.96. The van der Waals surface area contributed by atoms with Crippen LogP contribution in [-0.4, -0.2) is 51.0 Å². The molecule has 160 valence electrons. The molecule has 0 aliphatic carbocycles. The van der Waals surface area contributed by atoms with E-state index in [2.05, 4.69) is 25.7 Å². The molecule has 0 saturated carbocycles. The summed E-state index contributed by atoms with van der Waals surface area (Å²) in [4.78, 5) is 21.2. The van der Waals surface area contributed by atoms with E-state index in [0.717, 1.165) is 54.9 Å². The second-order valence-electron chi connectivity index (χ2n) is 7.82. The van der Waals surface area contributed by atoms with Gasteiger partial charge in [0.05, 0.1) is 34.9 Å². The second-order valence-corrected chi connectivity index (χ2v) is 7.82. The minimum Gasteiger partial charge on any atom is -0.444 e. The molecule has 0 aromatic carbocycles. The van der Waals surface area contributed by atoms with Crippen LogP contribution in [0.1, 0.15) is 39.3 Å². The van der Waals surface area contributed by atoms with Crippen LogP contribution in [0.15, 0.2) is 23.1 Å². The number of hydrogen-bond acceptors (Lipinski definition) is 7. The van der Waals surface area contributed by atoms with Crippen LogP contribution >= 0.6 is 0 Å². The van der Waals surface area contributed by atoms with Crippen molar-refractivity contribution in [1.29, 1.82) is 0 Å². The molecule has 9 heteroatoms. The van der Waals surface area contributed by atoms with Gasteiger partial charge in [0, 0.05) is 38.0 Å². The number of pyridine rings is 1. The molecule has 0 radical (unpaired) electrons. The van der Waals surface area contributed by atoms with Gasteiger partial charge in [-0.3, -0.25) is 4.79 Å². The molecular weight excluding hydrogens is 384 g/mol. The van der Waals surface area contributed by atoms with Gasteiger partial charge in [-0.25, -0.2) is 14.6 Å². The average molecular weight is 412 g/mol. The molecule has 2 N–H and O–H groups in total. The third kappa shape index (κ3) is 4.30. The van der Waals surface area contributed by atoms with Crippen LogP contribution in [0, 0.1) is 0 Å². The highest BCUT2D eigenvalue weighted by Crippen LogP contribution is 2.34. The number of oxazole rings is 1. The van der Waals surface area contributed by atoms with E-state index in [1.807, 2.05) is 31.6 Å². The smallest absolute Gasteiger partial charge is 0.229 e. The first-order valence-electron chi connectivity index (χ1n) is 10.5. The van der Waals surface area contributed by atoms with Gasteiger partial charge in [0.25, 0.3) is 0 Å². The number of anilines is 1. The molecule has 0 bridgehead atoms. The number of fused-ring (bicyclic) bond motifs is 1. The van der Waals surface area contributed by atoms with Gasteiger partial charge in [-0.1, -0.05) is 0 Å². The van der Waals surface area contributed by atoms with E-state index in [-0.39, 0.29) is 18.4 Å². The van der Waals surface area contributed by atoms with E-state index < -0.39 is 0 Å². The predicted molar refractivity (Wildman–Crippen MR) is 113 cm³/mol. The Morgan fingerprint density at radius 1 is 1.30 bits per heavy atom. The third-order valence-corrected chi connectivity index (χ3v) is 5.11. The van der Waals surface area contributed by atoms with Crippen LogP contribution < -0.4 is 10.6 Å². The maximum Gasteiger partial charge on any atom is 0.229 e. The molecule has 4 heterocycles. The molecule has 3 aromatic heterocycles. The standard InChI is InChI=1S/C21H28N6O3/c1-4-27-20-16(11-23-27)19(25-14-5-7-29-8-6-14)17(10-22-20)21-26-15(12-30-21)9-18(28)24-13(2)3/h10-14H,4-9H2,1-3H3,(H,22,25)(H,24,28). The van der Waals surface area contributed by atoms with Gasteiger partial charge in [0.2, 0.25) is 11.8 Å². The highest BCUT2D eigenvalue weighted by atomic mass is 16.5. The molecule has 1 amide bonds. The number of carbonyl (C=O) groups is 1. The SMILES string of the molecule is CCn1ncc2c(NC3CCOCC3)c(-c3nc(CC(=O)NC(C)C)co3)cnc21. The number of ether oxygens (including phenoxy) is 1. The number of rotatable bonds is 7. The second kappa shape index (κ2) is 8.83. The molecule has 1 fully saturated rings. The zero-order chi connectivity index (χ0) is 21.1. The predicted octanol–water partition coefficient (Wildman–Crippen LogP) is 2.76. The zero-order valence-electron chi connectivity index (χ0n) is 17.6. The Morgan fingerprint density at radius 2 is 2.10 bits per heavy atom. The van der Waals surface area contributed by atoms with Gasteiger partial charge >= 0.3 is 0 Å². The lowest BCUT2D eigenvalue weighted by atomic mass is 10.1. The number of hydrogen-bond donors (Lipinski definition) is 2. The monoisotopic (exact) mass is 412 g/mol.